The molecule has 0 atom stereocenters. The molecule has 110 valence electrons. The number of carbonyl (C=O) groups is 1. The summed E-state index contributed by atoms with van der Waals surface area (Å²) in [5.74, 6) is -0.0831. The number of aromatic nitrogens is 2. The standard InChI is InChI=1S/C16H13N3OS2/c1-2-10-4-3-5-11(8-10)17-14(20)13-9-12-15(22-13)18-16-19(12)6-7-21-16/h3-9H,2H2,1H3,(H,17,20). The van der Waals surface area contributed by atoms with Gasteiger partial charge in [0.05, 0.1) is 10.4 Å². The maximum Gasteiger partial charge on any atom is 0.265 e. The van der Waals surface area contributed by atoms with Crippen LogP contribution in [-0.2, 0) is 6.42 Å². The summed E-state index contributed by atoms with van der Waals surface area (Å²) in [6.07, 6.45) is 2.93. The molecule has 0 saturated carbocycles. The highest BCUT2D eigenvalue weighted by Crippen LogP contribution is 2.28. The van der Waals surface area contributed by atoms with E-state index in [0.29, 0.717) is 4.88 Å². The molecule has 0 bridgehead atoms. The second kappa shape index (κ2) is 5.23. The minimum atomic E-state index is -0.0831. The van der Waals surface area contributed by atoms with Gasteiger partial charge in [0, 0.05) is 17.3 Å². The lowest BCUT2D eigenvalue weighted by Crippen LogP contribution is -2.10. The zero-order chi connectivity index (χ0) is 15.1. The van der Waals surface area contributed by atoms with Crippen molar-refractivity contribution < 1.29 is 4.79 Å². The number of carbonyl (C=O) groups excluding carboxylic acids is 1. The van der Waals surface area contributed by atoms with Crippen LogP contribution < -0.4 is 5.32 Å². The molecule has 4 rings (SSSR count). The Kier molecular flexibility index (Phi) is 3.20. The average Bonchev–Trinajstić information content (AvgIpc) is 3.18. The van der Waals surface area contributed by atoms with E-state index in [0.717, 1.165) is 27.4 Å². The van der Waals surface area contributed by atoms with Crippen LogP contribution in [-0.4, -0.2) is 15.3 Å². The number of nitrogens with one attached hydrogen (secondary N) is 1. The number of fused-ring (bicyclic) bond motifs is 3. The first kappa shape index (κ1) is 13.5. The monoisotopic (exact) mass is 327 g/mol. The Bertz CT molecular complexity index is 980. The number of thiophene rings is 1. The normalized spacial score (nSPS) is 11.3. The van der Waals surface area contributed by atoms with E-state index in [1.165, 1.54) is 16.9 Å². The summed E-state index contributed by atoms with van der Waals surface area (Å²) in [5, 5.41) is 4.96. The van der Waals surface area contributed by atoms with Gasteiger partial charge in [-0.2, -0.15) is 0 Å². The predicted molar refractivity (Wildman–Crippen MR) is 92.2 cm³/mol. The summed E-state index contributed by atoms with van der Waals surface area (Å²) in [6, 6.07) is 9.85. The summed E-state index contributed by atoms with van der Waals surface area (Å²) < 4.78 is 2.02. The van der Waals surface area contributed by atoms with Gasteiger partial charge < -0.3 is 5.32 Å². The van der Waals surface area contributed by atoms with Crippen molar-refractivity contribution in [2.75, 3.05) is 5.32 Å². The Morgan fingerprint density at radius 2 is 2.27 bits per heavy atom. The highest BCUT2D eigenvalue weighted by atomic mass is 32.1. The Morgan fingerprint density at radius 1 is 1.36 bits per heavy atom. The van der Waals surface area contributed by atoms with Crippen LogP contribution in [0.25, 0.3) is 15.3 Å². The molecular formula is C16H13N3OS2. The number of nitrogens with zero attached hydrogens (tertiary/aromatic N) is 2. The first-order chi connectivity index (χ1) is 10.7. The third kappa shape index (κ3) is 2.20. The topological polar surface area (TPSA) is 46.4 Å². The average molecular weight is 327 g/mol. The van der Waals surface area contributed by atoms with Gasteiger partial charge in [0.15, 0.2) is 4.96 Å². The minimum Gasteiger partial charge on any atom is -0.321 e. The van der Waals surface area contributed by atoms with Gasteiger partial charge in [0.1, 0.15) is 4.83 Å². The van der Waals surface area contributed by atoms with Crippen LogP contribution in [0.1, 0.15) is 22.2 Å². The Labute approximate surface area is 135 Å². The van der Waals surface area contributed by atoms with Crippen LogP contribution in [0.2, 0.25) is 0 Å². The highest BCUT2D eigenvalue weighted by molar-refractivity contribution is 7.21. The van der Waals surface area contributed by atoms with E-state index in [2.05, 4.69) is 23.3 Å². The van der Waals surface area contributed by atoms with Crippen LogP contribution in [0.3, 0.4) is 0 Å². The smallest absolute Gasteiger partial charge is 0.265 e. The molecule has 4 aromatic rings. The zero-order valence-electron chi connectivity index (χ0n) is 11.9. The van der Waals surface area contributed by atoms with E-state index in [4.69, 9.17) is 0 Å². The Morgan fingerprint density at radius 3 is 3.14 bits per heavy atom. The van der Waals surface area contributed by atoms with Gasteiger partial charge in [-0.05, 0) is 30.2 Å². The highest BCUT2D eigenvalue weighted by Gasteiger charge is 2.15. The fraction of sp³-hybridized carbons (Fsp3) is 0.125. The van der Waals surface area contributed by atoms with Gasteiger partial charge in [-0.1, -0.05) is 19.1 Å². The van der Waals surface area contributed by atoms with E-state index >= 15 is 0 Å². The molecule has 0 aliphatic heterocycles. The zero-order valence-corrected chi connectivity index (χ0v) is 13.5. The summed E-state index contributed by atoms with van der Waals surface area (Å²) in [4.78, 5) is 19.5. The molecule has 0 aliphatic carbocycles. The van der Waals surface area contributed by atoms with Gasteiger partial charge in [-0.25, -0.2) is 4.98 Å². The number of aryl methyl sites for hydroxylation is 1. The van der Waals surface area contributed by atoms with E-state index in [1.54, 1.807) is 11.3 Å². The Balaban J connectivity index is 1.65. The molecule has 4 nitrogen and oxygen atoms in total. The maximum absolute atomic E-state index is 12.4. The molecule has 0 aliphatic rings. The van der Waals surface area contributed by atoms with Crippen molar-refractivity contribution in [3.05, 3.63) is 52.3 Å². The number of anilines is 1. The molecule has 0 saturated heterocycles. The van der Waals surface area contributed by atoms with Gasteiger partial charge in [0.2, 0.25) is 0 Å². The van der Waals surface area contributed by atoms with Crippen molar-refractivity contribution in [1.29, 1.82) is 0 Å². The van der Waals surface area contributed by atoms with Crippen LogP contribution >= 0.6 is 22.7 Å². The largest absolute Gasteiger partial charge is 0.321 e. The molecule has 3 heterocycles. The lowest BCUT2D eigenvalue weighted by atomic mass is 10.1. The van der Waals surface area contributed by atoms with E-state index < -0.39 is 0 Å². The molecule has 0 unspecified atom stereocenters. The summed E-state index contributed by atoms with van der Waals surface area (Å²) >= 11 is 3.02. The predicted octanol–water partition coefficient (Wildman–Crippen LogP) is 4.43. The number of amides is 1. The second-order valence-corrected chi connectivity index (χ2v) is 6.88. The fourth-order valence-electron chi connectivity index (χ4n) is 2.42. The maximum atomic E-state index is 12.4. The van der Waals surface area contributed by atoms with Crippen molar-refractivity contribution in [3.8, 4) is 0 Å². The minimum absolute atomic E-state index is 0.0831. The van der Waals surface area contributed by atoms with Gasteiger partial charge in [-0.15, -0.1) is 22.7 Å². The van der Waals surface area contributed by atoms with Crippen LogP contribution in [0.5, 0.6) is 0 Å². The number of thiazole rings is 1. The van der Waals surface area contributed by atoms with Crippen LogP contribution in [0, 0.1) is 0 Å². The molecule has 1 aromatic carbocycles. The van der Waals surface area contributed by atoms with E-state index in [-0.39, 0.29) is 5.91 Å². The molecule has 3 aromatic heterocycles. The van der Waals surface area contributed by atoms with Crippen LogP contribution in [0.15, 0.2) is 41.9 Å². The number of rotatable bonds is 3. The van der Waals surface area contributed by atoms with Crippen molar-refractivity contribution in [2.45, 2.75) is 13.3 Å². The molecule has 1 amide bonds. The third-order valence-electron chi connectivity index (χ3n) is 3.56. The van der Waals surface area contributed by atoms with Gasteiger partial charge in [0.25, 0.3) is 5.91 Å². The van der Waals surface area contributed by atoms with E-state index in [1.807, 2.05) is 40.2 Å². The molecule has 1 N–H and O–H groups in total. The molecule has 22 heavy (non-hydrogen) atoms. The number of imidazole rings is 1. The Hall–Kier alpha value is -2.18. The van der Waals surface area contributed by atoms with Gasteiger partial charge in [-0.3, -0.25) is 9.20 Å². The number of benzene rings is 1. The SMILES string of the molecule is CCc1cccc(NC(=O)c2cc3c(nc4sccn43)s2)c1. The molecule has 0 radical (unpaired) electrons. The number of hydrogen-bond acceptors (Lipinski definition) is 4. The summed E-state index contributed by atoms with van der Waals surface area (Å²) in [7, 11) is 0. The lowest BCUT2D eigenvalue weighted by molar-refractivity contribution is 0.103. The van der Waals surface area contributed by atoms with Crippen molar-refractivity contribution in [3.63, 3.8) is 0 Å². The molecule has 0 spiro atoms. The second-order valence-electron chi connectivity index (χ2n) is 4.98. The number of hydrogen-bond donors (Lipinski definition) is 1. The lowest BCUT2D eigenvalue weighted by Gasteiger charge is -2.05. The summed E-state index contributed by atoms with van der Waals surface area (Å²) in [6.45, 7) is 2.10. The first-order valence-corrected chi connectivity index (χ1v) is 8.69. The van der Waals surface area contributed by atoms with E-state index in [9.17, 15) is 4.79 Å². The first-order valence-electron chi connectivity index (χ1n) is 7.00. The van der Waals surface area contributed by atoms with Gasteiger partial charge >= 0.3 is 0 Å². The third-order valence-corrected chi connectivity index (χ3v) is 5.33. The van der Waals surface area contributed by atoms with Crippen molar-refractivity contribution in [1.82, 2.24) is 9.38 Å². The quantitative estimate of drug-likeness (QED) is 0.605. The molecule has 0 fully saturated rings. The van der Waals surface area contributed by atoms with Crippen molar-refractivity contribution >= 4 is 49.6 Å². The fourth-order valence-corrected chi connectivity index (χ4v) is 4.12. The molecular weight excluding hydrogens is 314 g/mol. The van der Waals surface area contributed by atoms with Crippen LogP contribution in [0.4, 0.5) is 5.69 Å². The molecule has 6 heteroatoms. The summed E-state index contributed by atoms with van der Waals surface area (Å²) in [5.41, 5.74) is 3.03. The van der Waals surface area contributed by atoms with Crippen molar-refractivity contribution in [2.24, 2.45) is 0 Å².